The number of alkyl halides is 6. The SMILES string of the molecule is CC(=O)C(SC(F)(F)F)SC(F)(F)F. The monoisotopic (exact) mass is 258 g/mol. The van der Waals surface area contributed by atoms with Crippen LogP contribution in [0.2, 0.25) is 0 Å². The fourth-order valence-corrected chi connectivity index (χ4v) is 2.10. The van der Waals surface area contributed by atoms with Crippen molar-refractivity contribution >= 4 is 29.3 Å². The summed E-state index contributed by atoms with van der Waals surface area (Å²) in [5.41, 5.74) is -9.71. The second-order valence-electron chi connectivity index (χ2n) is 2.07. The molecule has 0 amide bonds. The van der Waals surface area contributed by atoms with Gasteiger partial charge in [-0.2, -0.15) is 26.3 Å². The lowest BCUT2D eigenvalue weighted by atomic mass is 10.5. The first kappa shape index (κ1) is 13.9. The van der Waals surface area contributed by atoms with Crippen LogP contribution in [0.4, 0.5) is 26.3 Å². The van der Waals surface area contributed by atoms with Crippen LogP contribution in [-0.4, -0.2) is 21.4 Å². The largest absolute Gasteiger partial charge is 0.443 e. The van der Waals surface area contributed by atoms with Crippen molar-refractivity contribution in [1.29, 1.82) is 0 Å². The number of carbonyl (C=O) groups excluding carboxylic acids is 1. The van der Waals surface area contributed by atoms with Crippen LogP contribution in [-0.2, 0) is 4.79 Å². The molecule has 0 fully saturated rings. The lowest BCUT2D eigenvalue weighted by molar-refractivity contribution is -0.115. The summed E-state index contributed by atoms with van der Waals surface area (Å²) in [4.78, 5) is 10.5. The van der Waals surface area contributed by atoms with Gasteiger partial charge in [-0.1, -0.05) is 0 Å². The molecule has 0 heterocycles. The van der Waals surface area contributed by atoms with Crippen LogP contribution < -0.4 is 0 Å². The van der Waals surface area contributed by atoms with Crippen LogP contribution in [0.25, 0.3) is 0 Å². The van der Waals surface area contributed by atoms with Gasteiger partial charge in [0.15, 0.2) is 5.78 Å². The minimum atomic E-state index is -4.85. The fraction of sp³-hybridized carbons (Fsp3) is 0.800. The summed E-state index contributed by atoms with van der Waals surface area (Å²) in [6.07, 6.45) is 0. The predicted octanol–water partition coefficient (Wildman–Crippen LogP) is 3.41. The Morgan fingerprint density at radius 1 is 1.00 bits per heavy atom. The minimum Gasteiger partial charge on any atom is -0.298 e. The Kier molecular flexibility index (Phi) is 4.63. The van der Waals surface area contributed by atoms with Gasteiger partial charge in [0.05, 0.1) is 0 Å². The van der Waals surface area contributed by atoms with Gasteiger partial charge in [0, 0.05) is 0 Å². The first-order chi connectivity index (χ1) is 6.01. The highest BCUT2D eigenvalue weighted by Crippen LogP contribution is 2.45. The molecule has 0 unspecified atom stereocenters. The van der Waals surface area contributed by atoms with Gasteiger partial charge in [-0.15, -0.1) is 0 Å². The van der Waals surface area contributed by atoms with Gasteiger partial charge >= 0.3 is 11.0 Å². The highest BCUT2D eigenvalue weighted by molar-refractivity contribution is 8.18. The molecular formula is C5H4F6OS2. The number of carbonyl (C=O) groups is 1. The molecule has 0 aliphatic heterocycles. The summed E-state index contributed by atoms with van der Waals surface area (Å²) in [5, 5.41) is 0. The van der Waals surface area contributed by atoms with Crippen molar-refractivity contribution in [2.24, 2.45) is 0 Å². The van der Waals surface area contributed by atoms with E-state index in [0.29, 0.717) is 6.92 Å². The Morgan fingerprint density at radius 3 is 1.43 bits per heavy atom. The smallest absolute Gasteiger partial charge is 0.298 e. The third kappa shape index (κ3) is 7.36. The van der Waals surface area contributed by atoms with Gasteiger partial charge in [0.1, 0.15) is 4.58 Å². The average molecular weight is 258 g/mol. The van der Waals surface area contributed by atoms with Gasteiger partial charge in [-0.05, 0) is 30.4 Å². The van der Waals surface area contributed by atoms with Crippen molar-refractivity contribution in [3.05, 3.63) is 0 Å². The molecule has 9 heteroatoms. The molecule has 0 aromatic heterocycles. The third-order valence-corrected chi connectivity index (χ3v) is 3.02. The zero-order valence-electron chi connectivity index (χ0n) is 6.57. The summed E-state index contributed by atoms with van der Waals surface area (Å²) in [5.74, 6) is -1.17. The summed E-state index contributed by atoms with van der Waals surface area (Å²) < 4.78 is 67.8. The quantitative estimate of drug-likeness (QED) is 0.570. The van der Waals surface area contributed by atoms with Gasteiger partial charge in [-0.25, -0.2) is 0 Å². The Morgan fingerprint density at radius 2 is 1.29 bits per heavy atom. The average Bonchev–Trinajstić information content (AvgIpc) is 1.78. The Labute approximate surface area is 83.6 Å². The van der Waals surface area contributed by atoms with Crippen molar-refractivity contribution in [3.63, 3.8) is 0 Å². The topological polar surface area (TPSA) is 17.1 Å². The second-order valence-corrected chi connectivity index (χ2v) is 4.71. The van der Waals surface area contributed by atoms with E-state index in [0.717, 1.165) is 0 Å². The lowest BCUT2D eigenvalue weighted by Crippen LogP contribution is -2.20. The van der Waals surface area contributed by atoms with Crippen molar-refractivity contribution in [2.75, 3.05) is 0 Å². The van der Waals surface area contributed by atoms with Gasteiger partial charge in [-0.3, -0.25) is 4.79 Å². The summed E-state index contributed by atoms with van der Waals surface area (Å²) in [7, 11) is 0. The van der Waals surface area contributed by atoms with Crippen LogP contribution in [0.3, 0.4) is 0 Å². The number of thioether (sulfide) groups is 2. The van der Waals surface area contributed by atoms with Crippen molar-refractivity contribution < 1.29 is 31.1 Å². The highest BCUT2D eigenvalue weighted by atomic mass is 32.2. The number of hydrogen-bond donors (Lipinski definition) is 0. The number of halogens is 6. The van der Waals surface area contributed by atoms with Crippen LogP contribution in [0.15, 0.2) is 0 Å². The highest BCUT2D eigenvalue weighted by Gasteiger charge is 2.42. The summed E-state index contributed by atoms with van der Waals surface area (Å²) >= 11 is -1.94. The molecule has 0 saturated carbocycles. The van der Waals surface area contributed by atoms with E-state index >= 15 is 0 Å². The lowest BCUT2D eigenvalue weighted by Gasteiger charge is -2.15. The number of ketones is 1. The maximum absolute atomic E-state index is 11.7. The molecule has 0 spiro atoms. The van der Waals surface area contributed by atoms with E-state index in [1.807, 2.05) is 0 Å². The van der Waals surface area contributed by atoms with Crippen molar-refractivity contribution in [3.8, 4) is 0 Å². The number of Topliss-reactive ketones (excluding diaryl/α,β-unsaturated/α-hetero) is 1. The van der Waals surface area contributed by atoms with E-state index in [-0.39, 0.29) is 0 Å². The Balaban J connectivity index is 4.40. The first-order valence-electron chi connectivity index (χ1n) is 3.01. The zero-order valence-corrected chi connectivity index (χ0v) is 8.20. The molecule has 0 aromatic rings. The zero-order chi connectivity index (χ0) is 11.6. The third-order valence-electron chi connectivity index (χ3n) is 0.813. The Bertz CT molecular complexity index is 193. The van der Waals surface area contributed by atoms with Gasteiger partial charge in [0.2, 0.25) is 0 Å². The molecule has 14 heavy (non-hydrogen) atoms. The molecule has 0 radical (unpaired) electrons. The fourth-order valence-electron chi connectivity index (χ4n) is 0.433. The van der Waals surface area contributed by atoms with E-state index in [4.69, 9.17) is 0 Å². The molecular weight excluding hydrogens is 254 g/mol. The summed E-state index contributed by atoms with van der Waals surface area (Å²) in [6.45, 7) is 0.683. The minimum absolute atomic E-state index is 0.683. The first-order valence-corrected chi connectivity index (χ1v) is 4.77. The van der Waals surface area contributed by atoms with Crippen LogP contribution in [0, 0.1) is 0 Å². The van der Waals surface area contributed by atoms with E-state index in [9.17, 15) is 31.1 Å². The van der Waals surface area contributed by atoms with E-state index in [1.165, 1.54) is 0 Å². The van der Waals surface area contributed by atoms with Crippen molar-refractivity contribution in [1.82, 2.24) is 0 Å². The standard InChI is InChI=1S/C5H4F6OS2/c1-2(12)3(13-4(6,7)8)14-5(9,10)11/h3H,1H3. The summed E-state index contributed by atoms with van der Waals surface area (Å²) in [6, 6.07) is 0. The van der Waals surface area contributed by atoms with E-state index in [1.54, 1.807) is 0 Å². The second kappa shape index (κ2) is 4.65. The van der Waals surface area contributed by atoms with Crippen LogP contribution in [0.1, 0.15) is 6.92 Å². The molecule has 0 atom stereocenters. The van der Waals surface area contributed by atoms with E-state index in [2.05, 4.69) is 0 Å². The maximum Gasteiger partial charge on any atom is 0.443 e. The molecule has 84 valence electrons. The molecule has 0 aliphatic rings. The number of rotatable bonds is 3. The van der Waals surface area contributed by atoms with Crippen LogP contribution >= 0.6 is 23.5 Å². The molecule has 0 bridgehead atoms. The molecule has 1 nitrogen and oxygen atoms in total. The van der Waals surface area contributed by atoms with E-state index < -0.39 is 44.9 Å². The molecule has 0 aromatic carbocycles. The van der Waals surface area contributed by atoms with Crippen LogP contribution in [0.5, 0.6) is 0 Å². The molecule has 0 aliphatic carbocycles. The molecule has 0 N–H and O–H groups in total. The Hall–Kier alpha value is -0.0500. The predicted molar refractivity (Wildman–Crippen MR) is 41.8 cm³/mol. The van der Waals surface area contributed by atoms with Crippen molar-refractivity contribution in [2.45, 2.75) is 22.5 Å². The molecule has 0 rings (SSSR count). The van der Waals surface area contributed by atoms with Gasteiger partial charge in [0.25, 0.3) is 0 Å². The number of hydrogen-bond acceptors (Lipinski definition) is 3. The molecule has 0 saturated heterocycles. The normalized spacial score (nSPS) is 13.4. The maximum atomic E-state index is 11.7. The van der Waals surface area contributed by atoms with Gasteiger partial charge < -0.3 is 0 Å².